The van der Waals surface area contributed by atoms with Crippen LogP contribution in [0, 0.1) is 0 Å². The van der Waals surface area contributed by atoms with Crippen molar-refractivity contribution >= 4 is 19.8 Å². The second-order valence-electron chi connectivity index (χ2n) is 28.5. The number of carbonyl (C=O) groups excluding carboxylic acids is 1. The van der Waals surface area contributed by atoms with Gasteiger partial charge in [-0.25, -0.2) is 4.79 Å². The van der Waals surface area contributed by atoms with Crippen molar-refractivity contribution < 1.29 is 34.0 Å². The minimum atomic E-state index is -2.49. The molecule has 0 bridgehead atoms. The van der Waals surface area contributed by atoms with Crippen molar-refractivity contribution in [3.05, 3.63) is 40.4 Å². The summed E-state index contributed by atoms with van der Waals surface area (Å²) in [6.07, 6.45) is 62.6. The van der Waals surface area contributed by atoms with Gasteiger partial charge in [-0.3, -0.25) is 9.36 Å². The number of rotatable bonds is 59. The lowest BCUT2D eigenvalue weighted by Crippen LogP contribution is -2.64. The molecule has 0 aliphatic carbocycles. The van der Waals surface area contributed by atoms with Gasteiger partial charge >= 0.3 is 5.69 Å². The molecule has 0 unspecified atom stereocenters. The molecule has 2 heterocycles. The Morgan fingerprint density at radius 3 is 1.15 bits per heavy atom. The van der Waals surface area contributed by atoms with E-state index in [4.69, 9.17) is 18.9 Å². The summed E-state index contributed by atoms with van der Waals surface area (Å²) >= 11 is 0. The summed E-state index contributed by atoms with van der Waals surface area (Å²) in [7, 11) is -2.49. The van der Waals surface area contributed by atoms with Crippen molar-refractivity contribution in [2.75, 3.05) is 31.7 Å². The largest absolute Gasteiger partial charge is 0.490 e. The van der Waals surface area contributed by atoms with E-state index >= 15 is 0 Å². The molecule has 88 heavy (non-hydrogen) atoms. The summed E-state index contributed by atoms with van der Waals surface area (Å²) < 4.78 is 27.5. The molecule has 12 heteroatoms. The Hall–Kier alpha value is -2.93. The minimum absolute atomic E-state index is 0.0951. The number of aromatic nitrogens is 2. The summed E-state index contributed by atoms with van der Waals surface area (Å²) in [4.78, 5) is 32.4. The fourth-order valence-corrected chi connectivity index (χ4v) is 15.8. The van der Waals surface area contributed by atoms with E-state index in [-0.39, 0.29) is 23.9 Å². The molecule has 3 rings (SSSR count). The topological polar surface area (TPSA) is 141 Å². The second-order valence-corrected chi connectivity index (χ2v) is 34.1. The number of benzene rings is 1. The van der Waals surface area contributed by atoms with Gasteiger partial charge in [0.2, 0.25) is 5.75 Å². The van der Waals surface area contributed by atoms with Crippen LogP contribution in [0.15, 0.2) is 29.2 Å². The molecule has 0 saturated carbocycles. The number of ether oxygens (including phenoxy) is 4. The first-order chi connectivity index (χ1) is 42.7. The van der Waals surface area contributed by atoms with Crippen molar-refractivity contribution in [1.29, 1.82) is 0 Å². The molecule has 11 nitrogen and oxygen atoms in total. The number of aliphatic hydroxyl groups is 2. The van der Waals surface area contributed by atoms with E-state index in [1.165, 1.54) is 274 Å². The molecule has 510 valence electrons. The highest BCUT2D eigenvalue weighted by atomic mass is 28.3. The van der Waals surface area contributed by atoms with E-state index in [1.807, 2.05) is 0 Å². The van der Waals surface area contributed by atoms with Gasteiger partial charge in [0, 0.05) is 18.2 Å². The number of hydrogen-bond acceptors (Lipinski definition) is 9. The van der Waals surface area contributed by atoms with E-state index in [9.17, 15) is 19.8 Å². The van der Waals surface area contributed by atoms with Gasteiger partial charge in [-0.05, 0) is 42.5 Å². The van der Waals surface area contributed by atoms with Gasteiger partial charge in [-0.1, -0.05) is 344 Å². The third kappa shape index (κ3) is 33.1. The number of unbranched alkanes of at least 4 members (excludes halogenated alkanes) is 45. The molecule has 1 aromatic carbocycles. The van der Waals surface area contributed by atoms with Gasteiger partial charge < -0.3 is 34.5 Å². The highest BCUT2D eigenvalue weighted by molar-refractivity contribution is 6.83. The number of nitrogens with zero attached hydrogens (tertiary/aromatic N) is 2. The van der Waals surface area contributed by atoms with Crippen molar-refractivity contribution in [2.24, 2.45) is 0 Å². The maximum Gasteiger partial charge on any atom is 0.351 e. The first-order valence-electron chi connectivity index (χ1n) is 37.7. The number of anilines is 1. The number of aliphatic hydroxyl groups excluding tert-OH is 1. The number of carbonyl (C=O) groups is 1. The van der Waals surface area contributed by atoms with E-state index in [1.54, 1.807) is 24.4 Å². The molecule has 1 aliphatic rings. The predicted octanol–water partition coefficient (Wildman–Crippen LogP) is 22.5. The quantitative estimate of drug-likeness (QED) is 0.0436. The first kappa shape index (κ1) is 79.3. The Labute approximate surface area is 542 Å². The molecule has 1 aromatic heterocycles. The average molecular weight is 1250 g/mol. The van der Waals surface area contributed by atoms with Gasteiger partial charge in [0.05, 0.1) is 39.7 Å². The van der Waals surface area contributed by atoms with E-state index < -0.39 is 37.2 Å². The lowest BCUT2D eigenvalue weighted by Gasteiger charge is -2.49. The van der Waals surface area contributed by atoms with Crippen LogP contribution < -0.4 is 25.2 Å². The highest BCUT2D eigenvalue weighted by Gasteiger charge is 2.61. The average Bonchev–Trinajstić information content (AvgIpc) is 1.55. The normalized spacial score (nSPS) is 16.2. The van der Waals surface area contributed by atoms with Crippen LogP contribution in [-0.4, -0.2) is 71.5 Å². The van der Waals surface area contributed by atoms with Gasteiger partial charge in [0.15, 0.2) is 11.5 Å². The Kier molecular flexibility index (Phi) is 44.8. The standard InChI is InChI=1S/C76H139N3O8Si/c1-9-12-15-18-21-24-27-30-33-36-39-42-45-48-51-54-59-84-67-62-66(73(81)77-70-57-58-79(74(82)78-70)71-64-76(83,69(65-80)87-71)88(7,8)75(4,5)6)63-68(85-60-55-52-49-46-43-40-37-34-31-28-25-22-19-16-13-10-2)72(67)86-61-56-53-50-47-44-41-38-35-32-29-26-23-20-17-14-11-3/h57-58,62-63,69,71,80,83H,9-56,59-61,64-65H2,1-8H3,(H,77,78,81,82)/t69-,71-,76-/m1/s1. The Balaban J connectivity index is 1.68. The Bertz CT molecular complexity index is 2020. The Morgan fingerprint density at radius 1 is 0.545 bits per heavy atom. The molecule has 0 radical (unpaired) electrons. The summed E-state index contributed by atoms with van der Waals surface area (Å²) in [6.45, 7) is 18.6. The maximum atomic E-state index is 14.4. The van der Waals surface area contributed by atoms with E-state index in [2.05, 4.69) is 64.9 Å². The van der Waals surface area contributed by atoms with E-state index in [0.717, 1.165) is 38.5 Å². The third-order valence-corrected chi connectivity index (χ3v) is 26.3. The van der Waals surface area contributed by atoms with Crippen LogP contribution in [0.2, 0.25) is 18.1 Å². The summed E-state index contributed by atoms with van der Waals surface area (Å²) in [5, 5.41) is 24.0. The Morgan fingerprint density at radius 2 is 0.852 bits per heavy atom. The fraction of sp³-hybridized carbons (Fsp3) is 0.855. The monoisotopic (exact) mass is 1250 g/mol. The van der Waals surface area contributed by atoms with Crippen LogP contribution >= 0.6 is 0 Å². The van der Waals surface area contributed by atoms with Crippen LogP contribution in [0.3, 0.4) is 0 Å². The third-order valence-electron chi connectivity index (χ3n) is 19.9. The van der Waals surface area contributed by atoms with Crippen molar-refractivity contribution in [2.45, 2.75) is 392 Å². The molecule has 1 aliphatic heterocycles. The van der Waals surface area contributed by atoms with Gasteiger partial charge in [0.1, 0.15) is 18.1 Å². The maximum absolute atomic E-state index is 14.4. The molecule has 3 atom stereocenters. The van der Waals surface area contributed by atoms with Crippen molar-refractivity contribution in [3.63, 3.8) is 0 Å². The SMILES string of the molecule is CCCCCCCCCCCCCCCCCCOc1cc(C(=O)Nc2ccn([C@H]3C[C@@](O)([Si](C)(C)C(C)(C)C)[C@@H](CO)O3)c(=O)n2)cc(OCCCCCCCCCCCCCCCCCC)c1OCCCCCCCCCCCCCCCCCC. The van der Waals surface area contributed by atoms with Crippen molar-refractivity contribution in [3.8, 4) is 17.2 Å². The summed E-state index contributed by atoms with van der Waals surface area (Å²) in [6, 6.07) is 5.10. The van der Waals surface area contributed by atoms with Crippen LogP contribution in [0.25, 0.3) is 0 Å². The molecule has 1 saturated heterocycles. The van der Waals surface area contributed by atoms with Gasteiger partial charge in [0.25, 0.3) is 5.91 Å². The number of amides is 1. The highest BCUT2D eigenvalue weighted by Crippen LogP contribution is 2.51. The molecule has 0 spiro atoms. The van der Waals surface area contributed by atoms with Crippen LogP contribution in [0.5, 0.6) is 17.2 Å². The fourth-order valence-electron chi connectivity index (χ4n) is 12.9. The van der Waals surface area contributed by atoms with E-state index in [0.29, 0.717) is 42.6 Å². The molecule has 1 fully saturated rings. The van der Waals surface area contributed by atoms with Gasteiger partial charge in [-0.15, -0.1) is 0 Å². The summed E-state index contributed by atoms with van der Waals surface area (Å²) in [5.41, 5.74) is -0.295. The zero-order valence-electron chi connectivity index (χ0n) is 58.7. The minimum Gasteiger partial charge on any atom is -0.490 e. The van der Waals surface area contributed by atoms with Crippen LogP contribution in [0.1, 0.15) is 373 Å². The van der Waals surface area contributed by atoms with Crippen LogP contribution in [-0.2, 0) is 4.74 Å². The molecule has 3 N–H and O–H groups in total. The second kappa shape index (κ2) is 49.7. The number of nitrogens with one attached hydrogen (secondary N) is 1. The molecule has 1 amide bonds. The lowest BCUT2D eigenvalue weighted by molar-refractivity contribution is -0.0596. The van der Waals surface area contributed by atoms with Gasteiger partial charge in [-0.2, -0.15) is 4.98 Å². The molecule has 2 aromatic rings. The predicted molar refractivity (Wildman–Crippen MR) is 376 cm³/mol. The smallest absolute Gasteiger partial charge is 0.351 e. The lowest BCUT2D eigenvalue weighted by atomic mass is 10.0. The zero-order chi connectivity index (χ0) is 63.8. The summed E-state index contributed by atoms with van der Waals surface area (Å²) in [5.74, 6) is 1.21. The molecular weight excluding hydrogens is 1110 g/mol. The van der Waals surface area contributed by atoms with Crippen LogP contribution in [0.4, 0.5) is 5.82 Å². The van der Waals surface area contributed by atoms with Crippen molar-refractivity contribution in [1.82, 2.24) is 9.55 Å². The zero-order valence-corrected chi connectivity index (χ0v) is 59.7. The molecular formula is C76H139N3O8Si. The first-order valence-corrected chi connectivity index (χ1v) is 40.7. The number of hydrogen-bond donors (Lipinski definition) is 3.